The van der Waals surface area contributed by atoms with Crippen molar-refractivity contribution in [2.45, 2.75) is 19.4 Å². The zero-order valence-electron chi connectivity index (χ0n) is 22.3. The number of aromatic carboxylic acids is 1. The number of ether oxygens (including phenoxy) is 1. The number of aliphatic hydroxyl groups is 1. The van der Waals surface area contributed by atoms with E-state index in [9.17, 15) is 24.6 Å². The van der Waals surface area contributed by atoms with Gasteiger partial charge < -0.3 is 37.1 Å². The molecule has 1 unspecified atom stereocenters. The first-order valence-corrected chi connectivity index (χ1v) is 12.3. The molecule has 2 amide bonds. The number of aliphatic hydroxyl groups excluding tert-OH is 1. The maximum absolute atomic E-state index is 13.3. The first-order chi connectivity index (χ1) is 18.9. The van der Waals surface area contributed by atoms with Gasteiger partial charge in [-0.25, -0.2) is 9.78 Å². The molecule has 0 spiro atoms. The number of carboxylic acid groups (broad SMARTS) is 1. The normalized spacial score (nSPS) is 12.3. The first-order valence-electron chi connectivity index (χ1n) is 12.3. The molecule has 0 radical (unpaired) electrons. The van der Waals surface area contributed by atoms with Crippen LogP contribution in [0, 0.1) is 11.3 Å². The lowest BCUT2D eigenvalue weighted by Gasteiger charge is -2.31. The van der Waals surface area contributed by atoms with Crippen LogP contribution in [0.5, 0.6) is 5.88 Å². The molecule has 40 heavy (non-hydrogen) atoms. The Morgan fingerprint density at radius 3 is 2.20 bits per heavy atom. The summed E-state index contributed by atoms with van der Waals surface area (Å²) in [5, 5.41) is 32.5. The van der Waals surface area contributed by atoms with Crippen molar-refractivity contribution in [3.8, 4) is 17.0 Å². The minimum Gasteiger partial charge on any atom is -0.481 e. The van der Waals surface area contributed by atoms with Crippen molar-refractivity contribution >= 4 is 29.3 Å². The van der Waals surface area contributed by atoms with Crippen molar-refractivity contribution in [1.29, 1.82) is 5.41 Å². The zero-order chi connectivity index (χ0) is 29.6. The number of amidine groups is 1. The molecule has 0 aliphatic carbocycles. The third kappa shape index (κ3) is 6.60. The molecule has 0 aliphatic rings. The summed E-state index contributed by atoms with van der Waals surface area (Å²) in [6, 6.07) is 13.3. The molecule has 0 aliphatic heterocycles. The Kier molecular flexibility index (Phi) is 9.19. The Balaban J connectivity index is 1.98. The van der Waals surface area contributed by atoms with Gasteiger partial charge in [-0.2, -0.15) is 0 Å². The lowest BCUT2D eigenvalue weighted by molar-refractivity contribution is 0.0697. The highest BCUT2D eigenvalue weighted by Crippen LogP contribution is 2.30. The molecule has 1 atom stereocenters. The van der Waals surface area contributed by atoms with Gasteiger partial charge in [0.25, 0.3) is 11.8 Å². The molecular weight excluding hydrogens is 516 g/mol. The van der Waals surface area contributed by atoms with Crippen LogP contribution in [0.15, 0.2) is 54.6 Å². The van der Waals surface area contributed by atoms with Crippen molar-refractivity contribution in [3.05, 3.63) is 77.0 Å². The van der Waals surface area contributed by atoms with Gasteiger partial charge in [-0.05, 0) is 53.9 Å². The van der Waals surface area contributed by atoms with E-state index >= 15 is 0 Å². The van der Waals surface area contributed by atoms with Crippen molar-refractivity contribution in [1.82, 2.24) is 10.3 Å². The van der Waals surface area contributed by atoms with Crippen LogP contribution in [0.25, 0.3) is 11.1 Å². The number of hydrogen-bond acceptors (Lipinski definition) is 8. The summed E-state index contributed by atoms with van der Waals surface area (Å²) >= 11 is 0. The minimum absolute atomic E-state index is 0.0235. The molecule has 1 aromatic heterocycles. The summed E-state index contributed by atoms with van der Waals surface area (Å²) in [5.41, 5.74) is 11.5. The molecule has 9 N–H and O–H groups in total. The van der Waals surface area contributed by atoms with E-state index in [2.05, 4.69) is 15.6 Å². The molecule has 1 heterocycles. The number of pyridine rings is 1. The summed E-state index contributed by atoms with van der Waals surface area (Å²) in [6.07, 6.45) is 0. The third-order valence-corrected chi connectivity index (χ3v) is 6.57. The number of nitrogens with two attached hydrogens (primary N) is 2. The van der Waals surface area contributed by atoms with E-state index in [4.69, 9.17) is 21.6 Å². The molecule has 210 valence electrons. The average molecular weight is 549 g/mol. The maximum atomic E-state index is 13.3. The van der Waals surface area contributed by atoms with Gasteiger partial charge in [-0.1, -0.05) is 19.9 Å². The Labute approximate surface area is 230 Å². The fraction of sp³-hybridized carbons (Fsp3) is 0.250. The molecule has 0 fully saturated rings. The number of benzene rings is 2. The lowest BCUT2D eigenvalue weighted by atomic mass is 9.88. The number of nitrogen functional groups attached to an aromatic ring is 1. The Morgan fingerprint density at radius 1 is 1.02 bits per heavy atom. The fourth-order valence-corrected chi connectivity index (χ4v) is 3.76. The number of nitrogens with one attached hydrogen (secondary N) is 3. The van der Waals surface area contributed by atoms with Crippen molar-refractivity contribution < 1.29 is 29.3 Å². The average Bonchev–Trinajstić information content (AvgIpc) is 2.95. The van der Waals surface area contributed by atoms with Crippen molar-refractivity contribution in [3.63, 3.8) is 0 Å². The molecule has 2 aromatic carbocycles. The van der Waals surface area contributed by atoms with Crippen LogP contribution in [0.2, 0.25) is 0 Å². The van der Waals surface area contributed by atoms with E-state index in [0.717, 1.165) is 0 Å². The van der Waals surface area contributed by atoms with E-state index in [-0.39, 0.29) is 58.7 Å². The van der Waals surface area contributed by atoms with Gasteiger partial charge in [0, 0.05) is 35.0 Å². The van der Waals surface area contributed by atoms with E-state index in [1.807, 2.05) is 13.8 Å². The Hall–Kier alpha value is -4.81. The summed E-state index contributed by atoms with van der Waals surface area (Å²) in [5.74, 6) is -2.65. The highest BCUT2D eigenvalue weighted by Gasteiger charge is 2.29. The van der Waals surface area contributed by atoms with Crippen molar-refractivity contribution in [2.24, 2.45) is 17.4 Å². The minimum atomic E-state index is -1.32. The Bertz CT molecular complexity index is 1440. The number of carbonyl (C=O) groups excluding carboxylic acids is 2. The summed E-state index contributed by atoms with van der Waals surface area (Å²) < 4.78 is 5.17. The van der Waals surface area contributed by atoms with Crippen LogP contribution in [0.4, 0.5) is 5.69 Å². The fourth-order valence-electron chi connectivity index (χ4n) is 3.76. The van der Waals surface area contributed by atoms with Gasteiger partial charge in [-0.15, -0.1) is 0 Å². The second kappa shape index (κ2) is 12.4. The first kappa shape index (κ1) is 29.7. The number of anilines is 1. The van der Waals surface area contributed by atoms with Gasteiger partial charge >= 0.3 is 5.97 Å². The molecular formula is C28H32N6O6. The van der Waals surface area contributed by atoms with Crippen LogP contribution in [-0.2, 0) is 0 Å². The summed E-state index contributed by atoms with van der Waals surface area (Å²) in [4.78, 5) is 42.6. The monoisotopic (exact) mass is 548 g/mol. The van der Waals surface area contributed by atoms with E-state index in [1.165, 1.54) is 37.4 Å². The smallest absolute Gasteiger partial charge is 0.336 e. The lowest BCUT2D eigenvalue weighted by Crippen LogP contribution is -2.56. The number of aromatic nitrogens is 1. The predicted molar refractivity (Wildman–Crippen MR) is 150 cm³/mol. The van der Waals surface area contributed by atoms with Gasteiger partial charge in [0.15, 0.2) is 0 Å². The summed E-state index contributed by atoms with van der Waals surface area (Å²) in [6.45, 7) is 3.26. The van der Waals surface area contributed by atoms with E-state index in [1.54, 1.807) is 24.3 Å². The topological polar surface area (TPSA) is 214 Å². The Morgan fingerprint density at radius 2 is 1.65 bits per heavy atom. The highest BCUT2D eigenvalue weighted by molar-refractivity contribution is 6.10. The number of carboxylic acids is 1. The number of nitrogens with zero attached hydrogens (tertiary/aromatic N) is 1. The molecule has 12 heteroatoms. The second-order valence-corrected chi connectivity index (χ2v) is 9.49. The SMILES string of the molecule is COc1ccc(-c2ccc(C(=O)NCC(N)(CO)C(C)C)cc2C(=O)O)c(C(=O)Nc2ccc(C(=N)N)cc2)n1. The third-order valence-electron chi connectivity index (χ3n) is 6.57. The maximum Gasteiger partial charge on any atom is 0.336 e. The van der Waals surface area contributed by atoms with Crippen molar-refractivity contribution in [2.75, 3.05) is 25.6 Å². The quantitative estimate of drug-likeness (QED) is 0.138. The van der Waals surface area contributed by atoms with Crippen LogP contribution < -0.4 is 26.8 Å². The molecule has 12 nitrogen and oxygen atoms in total. The predicted octanol–water partition coefficient (Wildman–Crippen LogP) is 2.07. The number of rotatable bonds is 11. The standard InChI is InChI=1S/C28H32N6O6/c1-15(2)28(31,14-35)13-32-25(36)17-6-9-19(21(12-17)27(38)39)20-10-11-22(40-3)34-23(20)26(37)33-18-7-4-16(5-8-18)24(29)30/h4-12,15,35H,13-14,31H2,1-3H3,(H3,29,30)(H,32,36)(H,33,37)(H,38,39). The number of carbonyl (C=O) groups is 3. The van der Waals surface area contributed by atoms with Crippen LogP contribution in [0.3, 0.4) is 0 Å². The molecule has 3 rings (SSSR count). The van der Waals surface area contributed by atoms with Crippen LogP contribution in [-0.4, -0.2) is 64.6 Å². The van der Waals surface area contributed by atoms with Crippen LogP contribution >= 0.6 is 0 Å². The number of methoxy groups -OCH3 is 1. The molecule has 0 bridgehead atoms. The number of hydrogen-bond donors (Lipinski definition) is 7. The molecule has 0 saturated carbocycles. The number of amides is 2. The zero-order valence-corrected chi connectivity index (χ0v) is 22.3. The molecule has 3 aromatic rings. The highest BCUT2D eigenvalue weighted by atomic mass is 16.5. The van der Waals surface area contributed by atoms with E-state index < -0.39 is 23.3 Å². The van der Waals surface area contributed by atoms with Gasteiger partial charge in [0.05, 0.1) is 24.8 Å². The summed E-state index contributed by atoms with van der Waals surface area (Å²) in [7, 11) is 1.38. The van der Waals surface area contributed by atoms with Crippen LogP contribution in [0.1, 0.15) is 50.6 Å². The molecule has 0 saturated heterocycles. The second-order valence-electron chi connectivity index (χ2n) is 9.49. The largest absolute Gasteiger partial charge is 0.481 e. The van der Waals surface area contributed by atoms with Gasteiger partial charge in [0.2, 0.25) is 5.88 Å². The van der Waals surface area contributed by atoms with Gasteiger partial charge in [-0.3, -0.25) is 15.0 Å². The van der Waals surface area contributed by atoms with E-state index in [0.29, 0.717) is 11.3 Å². The van der Waals surface area contributed by atoms with Gasteiger partial charge in [0.1, 0.15) is 11.5 Å².